The Balaban J connectivity index is 1.73. The van der Waals surface area contributed by atoms with Gasteiger partial charge in [0.15, 0.2) is 0 Å². The maximum Gasteiger partial charge on any atom is 0.258 e. The molecule has 2 aromatic rings. The van der Waals surface area contributed by atoms with Crippen LogP contribution in [-0.2, 0) is 20.9 Å². The molecule has 7 heteroatoms. The summed E-state index contributed by atoms with van der Waals surface area (Å²) in [7, 11) is 0. The first-order chi connectivity index (χ1) is 11.6. The molecule has 24 heavy (non-hydrogen) atoms. The van der Waals surface area contributed by atoms with Crippen LogP contribution in [0.2, 0.25) is 0 Å². The first-order valence-corrected chi connectivity index (χ1v) is 7.98. The number of rotatable bonds is 7. The molecule has 0 saturated heterocycles. The van der Waals surface area contributed by atoms with Gasteiger partial charge in [0.05, 0.1) is 0 Å². The molecule has 0 spiro atoms. The second kappa shape index (κ2) is 8.71. The lowest BCUT2D eigenvalue weighted by Gasteiger charge is -2.09. The minimum absolute atomic E-state index is 0.0300. The van der Waals surface area contributed by atoms with Crippen molar-refractivity contribution in [1.29, 1.82) is 0 Å². The highest BCUT2D eigenvalue weighted by Crippen LogP contribution is 2.14. The standard InChI is InChI=1S/C17H22N4O3/c1-2-10-18-15(22)7-8-16(23)19-20-17(24)12-21-11-9-13-5-3-4-6-14(13)21/h3-6,9,11H,2,7-8,10,12H2,1H3,(H,18,22)(H,19,23)(H,20,24). The molecule has 0 fully saturated rings. The summed E-state index contributed by atoms with van der Waals surface area (Å²) >= 11 is 0. The van der Waals surface area contributed by atoms with E-state index in [1.165, 1.54) is 0 Å². The van der Waals surface area contributed by atoms with Gasteiger partial charge in [-0.1, -0.05) is 25.1 Å². The number of aromatic nitrogens is 1. The molecule has 0 radical (unpaired) electrons. The Morgan fingerprint density at radius 2 is 1.67 bits per heavy atom. The quantitative estimate of drug-likeness (QED) is 0.664. The molecule has 7 nitrogen and oxygen atoms in total. The monoisotopic (exact) mass is 330 g/mol. The average molecular weight is 330 g/mol. The molecule has 0 saturated carbocycles. The fourth-order valence-electron chi connectivity index (χ4n) is 2.25. The van der Waals surface area contributed by atoms with E-state index >= 15 is 0 Å². The Hall–Kier alpha value is -2.83. The van der Waals surface area contributed by atoms with Gasteiger partial charge in [0.25, 0.3) is 5.91 Å². The molecule has 0 aliphatic carbocycles. The van der Waals surface area contributed by atoms with Crippen LogP contribution in [0.4, 0.5) is 0 Å². The number of amides is 3. The maximum absolute atomic E-state index is 11.9. The number of fused-ring (bicyclic) bond motifs is 1. The molecule has 2 rings (SSSR count). The normalized spacial score (nSPS) is 10.4. The molecule has 0 atom stereocenters. The van der Waals surface area contributed by atoms with Gasteiger partial charge >= 0.3 is 0 Å². The van der Waals surface area contributed by atoms with E-state index in [2.05, 4.69) is 16.2 Å². The summed E-state index contributed by atoms with van der Waals surface area (Å²) in [6.07, 6.45) is 2.80. The summed E-state index contributed by atoms with van der Waals surface area (Å²) in [5, 5.41) is 3.74. The fraction of sp³-hybridized carbons (Fsp3) is 0.353. The number of nitrogens with one attached hydrogen (secondary N) is 3. The molecule has 0 bridgehead atoms. The van der Waals surface area contributed by atoms with Crippen LogP contribution in [-0.4, -0.2) is 28.8 Å². The molecule has 128 valence electrons. The first-order valence-electron chi connectivity index (χ1n) is 7.98. The van der Waals surface area contributed by atoms with Gasteiger partial charge in [0.2, 0.25) is 11.8 Å². The molecule has 0 aliphatic rings. The number of nitrogens with zero attached hydrogens (tertiary/aromatic N) is 1. The molecule has 1 heterocycles. The van der Waals surface area contributed by atoms with E-state index in [1.807, 2.05) is 43.5 Å². The van der Waals surface area contributed by atoms with Gasteiger partial charge in [-0.25, -0.2) is 0 Å². The van der Waals surface area contributed by atoms with Gasteiger partial charge in [0, 0.05) is 31.1 Å². The third kappa shape index (κ3) is 5.12. The number of benzene rings is 1. The number of hydrazine groups is 1. The molecule has 1 aromatic carbocycles. The van der Waals surface area contributed by atoms with Crippen molar-refractivity contribution in [2.24, 2.45) is 0 Å². The van der Waals surface area contributed by atoms with Crippen molar-refractivity contribution in [3.05, 3.63) is 36.5 Å². The second-order valence-electron chi connectivity index (χ2n) is 5.45. The number of hydrogen-bond donors (Lipinski definition) is 3. The van der Waals surface area contributed by atoms with Gasteiger partial charge in [-0.05, 0) is 23.9 Å². The molecule has 0 aliphatic heterocycles. The highest BCUT2D eigenvalue weighted by Gasteiger charge is 2.09. The van der Waals surface area contributed by atoms with Crippen molar-refractivity contribution >= 4 is 28.6 Å². The summed E-state index contributed by atoms with van der Waals surface area (Å²) in [5.41, 5.74) is 5.63. The van der Waals surface area contributed by atoms with Crippen LogP contribution < -0.4 is 16.2 Å². The van der Waals surface area contributed by atoms with Crippen molar-refractivity contribution < 1.29 is 14.4 Å². The Kier molecular flexibility index (Phi) is 6.36. The molecular weight excluding hydrogens is 308 g/mol. The van der Waals surface area contributed by atoms with Crippen LogP contribution in [0.5, 0.6) is 0 Å². The summed E-state index contributed by atoms with van der Waals surface area (Å²) in [6.45, 7) is 2.66. The van der Waals surface area contributed by atoms with Gasteiger partial charge in [-0.2, -0.15) is 0 Å². The summed E-state index contributed by atoms with van der Waals surface area (Å²) in [4.78, 5) is 34.9. The summed E-state index contributed by atoms with van der Waals surface area (Å²) in [5.74, 6) is -0.898. The number of carbonyl (C=O) groups is 3. The maximum atomic E-state index is 11.9. The topological polar surface area (TPSA) is 92.2 Å². The Labute approximate surface area is 140 Å². The zero-order valence-electron chi connectivity index (χ0n) is 13.7. The second-order valence-corrected chi connectivity index (χ2v) is 5.45. The highest BCUT2D eigenvalue weighted by molar-refractivity contribution is 5.86. The van der Waals surface area contributed by atoms with Crippen LogP contribution in [0.25, 0.3) is 10.9 Å². The minimum Gasteiger partial charge on any atom is -0.356 e. The largest absolute Gasteiger partial charge is 0.356 e. The van der Waals surface area contributed by atoms with Crippen molar-refractivity contribution in [3.8, 4) is 0 Å². The van der Waals surface area contributed by atoms with Crippen molar-refractivity contribution in [2.45, 2.75) is 32.7 Å². The van der Waals surface area contributed by atoms with E-state index in [-0.39, 0.29) is 31.2 Å². The Morgan fingerprint density at radius 1 is 0.958 bits per heavy atom. The van der Waals surface area contributed by atoms with E-state index in [0.29, 0.717) is 6.54 Å². The van der Waals surface area contributed by atoms with Crippen LogP contribution in [0.1, 0.15) is 26.2 Å². The lowest BCUT2D eigenvalue weighted by Crippen LogP contribution is -2.43. The zero-order valence-corrected chi connectivity index (χ0v) is 13.7. The lowest BCUT2D eigenvalue weighted by molar-refractivity contribution is -0.130. The summed E-state index contributed by atoms with van der Waals surface area (Å²) in [6, 6.07) is 9.66. The van der Waals surface area contributed by atoms with Gasteiger partial charge in [-0.15, -0.1) is 0 Å². The number of carbonyl (C=O) groups excluding carboxylic acids is 3. The van der Waals surface area contributed by atoms with Gasteiger partial charge < -0.3 is 9.88 Å². The van der Waals surface area contributed by atoms with Gasteiger partial charge in [0.1, 0.15) is 6.54 Å². The van der Waals surface area contributed by atoms with E-state index in [0.717, 1.165) is 17.3 Å². The van der Waals surface area contributed by atoms with E-state index < -0.39 is 5.91 Å². The van der Waals surface area contributed by atoms with Crippen LogP contribution in [0.15, 0.2) is 36.5 Å². The minimum atomic E-state index is -0.396. The highest BCUT2D eigenvalue weighted by atomic mass is 16.2. The lowest BCUT2D eigenvalue weighted by atomic mass is 10.2. The first kappa shape index (κ1) is 17.5. The van der Waals surface area contributed by atoms with Crippen LogP contribution >= 0.6 is 0 Å². The number of hydrogen-bond acceptors (Lipinski definition) is 3. The SMILES string of the molecule is CCCNC(=O)CCC(=O)NNC(=O)Cn1ccc2ccccc21. The van der Waals surface area contributed by atoms with E-state index in [1.54, 1.807) is 4.57 Å². The van der Waals surface area contributed by atoms with Crippen molar-refractivity contribution in [3.63, 3.8) is 0 Å². The van der Waals surface area contributed by atoms with Crippen molar-refractivity contribution in [2.75, 3.05) is 6.54 Å². The predicted octanol–water partition coefficient (Wildman–Crippen LogP) is 1.10. The average Bonchev–Trinajstić information content (AvgIpc) is 2.99. The van der Waals surface area contributed by atoms with Crippen molar-refractivity contribution in [1.82, 2.24) is 20.7 Å². The summed E-state index contributed by atoms with van der Waals surface area (Å²) < 4.78 is 1.80. The molecular formula is C17H22N4O3. The third-order valence-electron chi connectivity index (χ3n) is 3.49. The molecule has 3 amide bonds. The molecule has 1 aromatic heterocycles. The van der Waals surface area contributed by atoms with Crippen LogP contribution in [0, 0.1) is 0 Å². The van der Waals surface area contributed by atoms with E-state index in [9.17, 15) is 14.4 Å². The Bertz CT molecular complexity index is 723. The number of para-hydroxylation sites is 1. The third-order valence-corrected chi connectivity index (χ3v) is 3.49. The fourth-order valence-corrected chi connectivity index (χ4v) is 2.25. The van der Waals surface area contributed by atoms with Crippen LogP contribution in [0.3, 0.4) is 0 Å². The van der Waals surface area contributed by atoms with E-state index in [4.69, 9.17) is 0 Å². The van der Waals surface area contributed by atoms with Gasteiger partial charge in [-0.3, -0.25) is 25.2 Å². The smallest absolute Gasteiger partial charge is 0.258 e. The predicted molar refractivity (Wildman–Crippen MR) is 90.8 cm³/mol. The Morgan fingerprint density at radius 3 is 2.46 bits per heavy atom. The molecule has 3 N–H and O–H groups in total. The molecule has 0 unspecified atom stereocenters. The zero-order chi connectivity index (χ0) is 17.4.